The topological polar surface area (TPSA) is 17.4 Å². The van der Waals surface area contributed by atoms with Crippen molar-refractivity contribution < 1.29 is 4.74 Å². The molecule has 10 aromatic rings. The van der Waals surface area contributed by atoms with E-state index >= 15 is 0 Å². The molecule has 3 heteroatoms. The molecule has 65 heavy (non-hydrogen) atoms. The number of hydrogen-bond acceptors (Lipinski definition) is 2. The lowest BCUT2D eigenvalue weighted by Gasteiger charge is -2.27. The largest absolute Gasteiger partial charge is 0.460 e. The van der Waals surface area contributed by atoms with Crippen LogP contribution in [0, 0.1) is 0 Å². The van der Waals surface area contributed by atoms with E-state index in [4.69, 9.17) is 4.74 Å². The van der Waals surface area contributed by atoms with E-state index in [0.717, 1.165) is 35.0 Å². The third-order valence-electron chi connectivity index (χ3n) is 14.7. The second-order valence-corrected chi connectivity index (χ2v) is 18.7. The number of anilines is 3. The smallest absolute Gasteiger partial charge is 0.131 e. The van der Waals surface area contributed by atoms with E-state index in [1.165, 1.54) is 88.3 Å². The number of allylic oxidation sites excluding steroid dienone is 4. The molecule has 0 fully saturated rings. The number of hydrogen-bond donors (Lipinski definition) is 0. The van der Waals surface area contributed by atoms with Crippen LogP contribution in [-0.2, 0) is 10.8 Å². The van der Waals surface area contributed by atoms with Gasteiger partial charge in [0.15, 0.2) is 0 Å². The van der Waals surface area contributed by atoms with E-state index in [9.17, 15) is 0 Å². The fourth-order valence-electron chi connectivity index (χ4n) is 11.2. The van der Waals surface area contributed by atoms with Crippen LogP contribution in [0.25, 0.3) is 71.6 Å². The highest BCUT2D eigenvalue weighted by Crippen LogP contribution is 2.52. The van der Waals surface area contributed by atoms with Crippen LogP contribution in [0.4, 0.5) is 17.1 Å². The van der Waals surface area contributed by atoms with Crippen LogP contribution in [0.1, 0.15) is 43.9 Å². The summed E-state index contributed by atoms with van der Waals surface area (Å²) in [7, 11) is 0. The van der Waals surface area contributed by atoms with Crippen LogP contribution in [0.5, 0.6) is 5.75 Å². The van der Waals surface area contributed by atoms with Gasteiger partial charge in [-0.15, -0.1) is 0 Å². The number of rotatable bonds is 6. The molecule has 0 spiro atoms. The predicted octanol–water partition coefficient (Wildman–Crippen LogP) is 16.5. The van der Waals surface area contributed by atoms with Crippen LogP contribution in [0.15, 0.2) is 218 Å². The van der Waals surface area contributed by atoms with Crippen molar-refractivity contribution in [3.8, 4) is 44.8 Å². The molecule has 0 saturated heterocycles. The predicted molar refractivity (Wildman–Crippen MR) is 271 cm³/mol. The summed E-state index contributed by atoms with van der Waals surface area (Å²) < 4.78 is 8.76. The van der Waals surface area contributed by atoms with Gasteiger partial charge in [0, 0.05) is 44.2 Å². The highest BCUT2D eigenvalue weighted by molar-refractivity contribution is 6.10. The first kappa shape index (κ1) is 37.7. The van der Waals surface area contributed by atoms with Crippen LogP contribution < -0.4 is 9.64 Å². The SMILES string of the molecule is CC12CC=CC=C1Oc1ccc(-c3ccc(N(c4ccc(-c5ccc6c(c5)c5ccccc5n6-c5ccc6c(c5)C(C)(C)c5ccccc5-6)cc4)c4cccc5ccccc45)cc3)cc12. The van der Waals surface area contributed by atoms with Gasteiger partial charge in [-0.1, -0.05) is 147 Å². The lowest BCUT2D eigenvalue weighted by atomic mass is 9.76. The van der Waals surface area contributed by atoms with Gasteiger partial charge in [-0.25, -0.2) is 0 Å². The quantitative estimate of drug-likeness (QED) is 0.166. The van der Waals surface area contributed by atoms with Crippen LogP contribution in [0.3, 0.4) is 0 Å². The lowest BCUT2D eigenvalue weighted by Crippen LogP contribution is -2.22. The molecule has 1 unspecified atom stereocenters. The summed E-state index contributed by atoms with van der Waals surface area (Å²) in [4.78, 5) is 2.39. The Morgan fingerprint density at radius 1 is 0.492 bits per heavy atom. The number of fused-ring (bicyclic) bond motifs is 10. The Balaban J connectivity index is 0.872. The monoisotopic (exact) mass is 834 g/mol. The van der Waals surface area contributed by atoms with E-state index in [1.807, 2.05) is 0 Å². The van der Waals surface area contributed by atoms with Gasteiger partial charge in [-0.2, -0.15) is 0 Å². The lowest BCUT2D eigenvalue weighted by molar-refractivity contribution is 0.377. The van der Waals surface area contributed by atoms with Gasteiger partial charge in [0.25, 0.3) is 0 Å². The fraction of sp³-hybridized carbons (Fsp3) is 0.0968. The zero-order valence-corrected chi connectivity index (χ0v) is 36.7. The third-order valence-corrected chi connectivity index (χ3v) is 14.7. The molecular formula is C62H46N2O. The van der Waals surface area contributed by atoms with E-state index in [0.29, 0.717) is 0 Å². The second kappa shape index (κ2) is 14.1. The van der Waals surface area contributed by atoms with Crippen molar-refractivity contribution in [1.29, 1.82) is 0 Å². The maximum atomic E-state index is 6.31. The molecule has 1 atom stereocenters. The van der Waals surface area contributed by atoms with Gasteiger partial charge < -0.3 is 14.2 Å². The first-order valence-corrected chi connectivity index (χ1v) is 22.8. The standard InChI is InChI=1S/C62H46N2O/c1-61(2)53-18-8-6-16-49(53)50-33-32-47(39-54(50)61)64-57-19-9-7-17-51(57)52-37-43(26-34-58(52)64)40-22-28-45(29-23-40)63(56-20-12-14-42-13-4-5-15-48(42)56)46-30-24-41(25-31-46)44-27-35-59-55(38-44)62(3)36-11-10-21-60(62)65-59/h4-35,37-39H,36H2,1-3H3. The Bertz CT molecular complexity index is 3640. The zero-order chi connectivity index (χ0) is 43.4. The summed E-state index contributed by atoms with van der Waals surface area (Å²) in [6.45, 7) is 7.01. The molecule has 9 aromatic carbocycles. The molecule has 2 heterocycles. The normalized spacial score (nSPS) is 16.5. The summed E-state index contributed by atoms with van der Waals surface area (Å²) in [6.07, 6.45) is 7.40. The average molecular weight is 835 g/mol. The Hall–Kier alpha value is -7.88. The average Bonchev–Trinajstić information content (AvgIpc) is 3.93. The van der Waals surface area contributed by atoms with Crippen LogP contribution in [-0.4, -0.2) is 4.57 Å². The highest BCUT2D eigenvalue weighted by atomic mass is 16.5. The molecule has 1 aromatic heterocycles. The Labute approximate surface area is 379 Å². The first-order chi connectivity index (χ1) is 31.8. The van der Waals surface area contributed by atoms with E-state index in [-0.39, 0.29) is 10.8 Å². The van der Waals surface area contributed by atoms with Crippen molar-refractivity contribution in [1.82, 2.24) is 4.57 Å². The number of nitrogens with zero attached hydrogens (tertiary/aromatic N) is 2. The third kappa shape index (κ3) is 5.68. The zero-order valence-electron chi connectivity index (χ0n) is 36.7. The van der Waals surface area contributed by atoms with Crippen molar-refractivity contribution in [3.05, 3.63) is 235 Å². The van der Waals surface area contributed by atoms with Crippen molar-refractivity contribution >= 4 is 49.6 Å². The summed E-state index contributed by atoms with van der Waals surface area (Å²) in [5.41, 5.74) is 18.2. The molecule has 0 radical (unpaired) electrons. The maximum Gasteiger partial charge on any atom is 0.131 e. The van der Waals surface area contributed by atoms with Crippen LogP contribution >= 0.6 is 0 Å². The molecular weight excluding hydrogens is 789 g/mol. The second-order valence-electron chi connectivity index (χ2n) is 18.7. The Morgan fingerprint density at radius 2 is 1.14 bits per heavy atom. The molecule has 3 aliphatic rings. The minimum absolute atomic E-state index is 0.0700. The van der Waals surface area contributed by atoms with E-state index in [1.54, 1.807) is 0 Å². The minimum atomic E-state index is -0.129. The number of benzene rings is 9. The van der Waals surface area contributed by atoms with E-state index < -0.39 is 0 Å². The Kier molecular flexibility index (Phi) is 8.15. The van der Waals surface area contributed by atoms with Gasteiger partial charge in [0.05, 0.1) is 22.1 Å². The molecule has 310 valence electrons. The van der Waals surface area contributed by atoms with Gasteiger partial charge >= 0.3 is 0 Å². The molecule has 13 rings (SSSR count). The number of para-hydroxylation sites is 1. The number of aromatic nitrogens is 1. The van der Waals surface area contributed by atoms with Crippen molar-refractivity contribution in [2.45, 2.75) is 38.0 Å². The van der Waals surface area contributed by atoms with Gasteiger partial charge in [0.1, 0.15) is 11.5 Å². The van der Waals surface area contributed by atoms with Crippen LogP contribution in [0.2, 0.25) is 0 Å². The van der Waals surface area contributed by atoms with Gasteiger partial charge in [-0.3, -0.25) is 0 Å². The van der Waals surface area contributed by atoms with Gasteiger partial charge in [-0.05, 0) is 142 Å². The van der Waals surface area contributed by atoms with Crippen molar-refractivity contribution in [2.75, 3.05) is 4.90 Å². The number of ether oxygens (including phenoxy) is 1. The summed E-state index contributed by atoms with van der Waals surface area (Å²) in [6, 6.07) is 71.8. The van der Waals surface area contributed by atoms with Crippen molar-refractivity contribution in [2.24, 2.45) is 0 Å². The molecule has 3 nitrogen and oxygen atoms in total. The molecule has 0 N–H and O–H groups in total. The summed E-state index contributed by atoms with van der Waals surface area (Å²) >= 11 is 0. The first-order valence-electron chi connectivity index (χ1n) is 22.8. The van der Waals surface area contributed by atoms with Gasteiger partial charge in [0.2, 0.25) is 0 Å². The molecule has 2 aliphatic carbocycles. The summed E-state index contributed by atoms with van der Waals surface area (Å²) in [5.74, 6) is 2.00. The van der Waals surface area contributed by atoms with E-state index in [2.05, 4.69) is 243 Å². The highest BCUT2D eigenvalue weighted by Gasteiger charge is 2.41. The fourth-order valence-corrected chi connectivity index (χ4v) is 11.2. The Morgan fingerprint density at radius 3 is 1.95 bits per heavy atom. The summed E-state index contributed by atoms with van der Waals surface area (Å²) in [5, 5.41) is 4.92. The molecule has 1 aliphatic heterocycles. The molecule has 0 bridgehead atoms. The molecule has 0 amide bonds. The van der Waals surface area contributed by atoms with Crippen molar-refractivity contribution in [3.63, 3.8) is 0 Å². The maximum absolute atomic E-state index is 6.31. The minimum Gasteiger partial charge on any atom is -0.460 e. The molecule has 0 saturated carbocycles.